The Hall–Kier alpha value is -4.45. The molecule has 0 radical (unpaired) electrons. The molecule has 1 aliphatic carbocycles. The number of nitrogens with zero attached hydrogens (tertiary/aromatic N) is 4. The lowest BCUT2D eigenvalue weighted by Crippen LogP contribution is -2.36. The first-order valence-corrected chi connectivity index (χ1v) is 12.5. The topological polar surface area (TPSA) is 72.9 Å². The van der Waals surface area contributed by atoms with E-state index in [-0.39, 0.29) is 11.8 Å². The summed E-state index contributed by atoms with van der Waals surface area (Å²) in [7, 11) is 1.86. The maximum absolute atomic E-state index is 12.0. The molecule has 2 aromatic heterocycles. The van der Waals surface area contributed by atoms with Gasteiger partial charge in [0.15, 0.2) is 0 Å². The van der Waals surface area contributed by atoms with Gasteiger partial charge < -0.3 is 9.67 Å². The Kier molecular flexibility index (Phi) is 5.72. The predicted molar refractivity (Wildman–Crippen MR) is 141 cm³/mol. The number of hydrogen-bond acceptors (Lipinski definition) is 3. The minimum atomic E-state index is -0.759. The molecule has 1 N–H and O–H groups in total. The quantitative estimate of drug-likeness (QED) is 0.308. The molecular weight excluding hydrogens is 460 g/mol. The summed E-state index contributed by atoms with van der Waals surface area (Å²) in [6.45, 7) is 0. The molecule has 3 atom stereocenters. The number of aliphatic carboxylic acids is 1. The fraction of sp³-hybridized carbons (Fsp3) is 0.194. The van der Waals surface area contributed by atoms with Gasteiger partial charge in [-0.05, 0) is 34.6 Å². The average Bonchev–Trinajstić information content (AvgIpc) is 3.20. The number of imidazole rings is 1. The second-order valence-electron chi connectivity index (χ2n) is 9.79. The van der Waals surface area contributed by atoms with E-state index >= 15 is 0 Å². The van der Waals surface area contributed by atoms with Crippen LogP contribution < -0.4 is 0 Å². The highest BCUT2D eigenvalue weighted by Crippen LogP contribution is 2.55. The van der Waals surface area contributed by atoms with Crippen molar-refractivity contribution in [1.82, 2.24) is 19.3 Å². The van der Waals surface area contributed by atoms with E-state index in [1.165, 1.54) is 0 Å². The molecule has 6 rings (SSSR count). The average molecular weight is 489 g/mol. The summed E-state index contributed by atoms with van der Waals surface area (Å²) in [5, 5.41) is 14.1. The first kappa shape index (κ1) is 23.0. The third kappa shape index (κ3) is 3.95. The molecule has 6 nitrogen and oxygen atoms in total. The lowest BCUT2D eigenvalue weighted by molar-refractivity contribution is -0.139. The molecule has 1 saturated carbocycles. The number of rotatable bonds is 8. The molecule has 2 heterocycles. The molecular formula is C31H28N4O2. The van der Waals surface area contributed by atoms with Crippen molar-refractivity contribution in [3.63, 3.8) is 0 Å². The number of carbonyl (C=O) groups is 1. The lowest BCUT2D eigenvalue weighted by atomic mass is 9.77. The van der Waals surface area contributed by atoms with Crippen molar-refractivity contribution in [1.29, 1.82) is 0 Å². The fourth-order valence-electron chi connectivity index (χ4n) is 5.91. The first-order valence-electron chi connectivity index (χ1n) is 12.5. The van der Waals surface area contributed by atoms with Crippen molar-refractivity contribution in [2.75, 3.05) is 0 Å². The van der Waals surface area contributed by atoms with E-state index in [0.717, 1.165) is 27.9 Å². The van der Waals surface area contributed by atoms with E-state index in [1.54, 1.807) is 10.9 Å². The summed E-state index contributed by atoms with van der Waals surface area (Å²) in [5.41, 5.74) is 4.60. The van der Waals surface area contributed by atoms with Gasteiger partial charge in [0.25, 0.3) is 0 Å². The van der Waals surface area contributed by atoms with Crippen LogP contribution in [0.15, 0.2) is 116 Å². The maximum Gasteiger partial charge on any atom is 0.307 e. The van der Waals surface area contributed by atoms with Crippen molar-refractivity contribution >= 4 is 5.97 Å². The van der Waals surface area contributed by atoms with E-state index in [2.05, 4.69) is 88.7 Å². The molecule has 0 spiro atoms. The number of aryl methyl sites for hydroxylation is 1. The highest BCUT2D eigenvalue weighted by molar-refractivity contribution is 5.76. The van der Waals surface area contributed by atoms with Crippen LogP contribution in [0, 0.1) is 11.8 Å². The maximum atomic E-state index is 12.0. The molecule has 5 aromatic rings. The monoisotopic (exact) mass is 488 g/mol. The molecule has 184 valence electrons. The van der Waals surface area contributed by atoms with Gasteiger partial charge in [-0.3, -0.25) is 9.48 Å². The van der Waals surface area contributed by atoms with Gasteiger partial charge in [-0.15, -0.1) is 0 Å². The van der Waals surface area contributed by atoms with Gasteiger partial charge in [0, 0.05) is 25.4 Å². The highest BCUT2D eigenvalue weighted by atomic mass is 16.4. The Bertz CT molecular complexity index is 1410. The van der Waals surface area contributed by atoms with Gasteiger partial charge in [0.05, 0.1) is 24.1 Å². The van der Waals surface area contributed by atoms with Crippen molar-refractivity contribution < 1.29 is 9.90 Å². The molecule has 1 fully saturated rings. The van der Waals surface area contributed by atoms with Gasteiger partial charge in [-0.25, -0.2) is 4.98 Å². The predicted octanol–water partition coefficient (Wildman–Crippen LogP) is 5.11. The van der Waals surface area contributed by atoms with Crippen molar-refractivity contribution in [2.45, 2.75) is 17.9 Å². The van der Waals surface area contributed by atoms with Crippen LogP contribution in [0.25, 0.3) is 0 Å². The number of aromatic nitrogens is 4. The second kappa shape index (κ2) is 9.21. The second-order valence-corrected chi connectivity index (χ2v) is 9.79. The molecule has 3 aromatic carbocycles. The molecule has 6 heteroatoms. The van der Waals surface area contributed by atoms with E-state index in [1.807, 2.05) is 37.8 Å². The molecule has 3 unspecified atom stereocenters. The van der Waals surface area contributed by atoms with Gasteiger partial charge in [0.1, 0.15) is 5.54 Å². The molecule has 37 heavy (non-hydrogen) atoms. The molecule has 0 aliphatic heterocycles. The van der Waals surface area contributed by atoms with Gasteiger partial charge in [0.2, 0.25) is 0 Å². The smallest absolute Gasteiger partial charge is 0.307 e. The third-order valence-corrected chi connectivity index (χ3v) is 7.61. The van der Waals surface area contributed by atoms with Crippen LogP contribution in [-0.2, 0) is 23.8 Å². The Morgan fingerprint density at radius 3 is 1.86 bits per heavy atom. The molecule has 1 aliphatic rings. The van der Waals surface area contributed by atoms with Crippen LogP contribution in [0.1, 0.15) is 33.9 Å². The number of carboxylic acids is 1. The van der Waals surface area contributed by atoms with E-state index in [9.17, 15) is 9.90 Å². The third-order valence-electron chi connectivity index (χ3n) is 7.61. The molecule has 0 bridgehead atoms. The zero-order valence-corrected chi connectivity index (χ0v) is 20.6. The largest absolute Gasteiger partial charge is 0.481 e. The summed E-state index contributed by atoms with van der Waals surface area (Å²) in [6, 6.07) is 31.4. The summed E-state index contributed by atoms with van der Waals surface area (Å²) in [5.74, 6) is -1.23. The first-order chi connectivity index (χ1) is 18.1. The standard InChI is InChI=1S/C31H28N4O2/c1-34-19-22(18-33-34)28-27(29(28)30(36)37)17-26-20-35(21-32-26)31(23-11-5-2-6-12-23,24-13-7-3-8-14-24)25-15-9-4-10-16-25/h2-16,18-21,27-29H,17H2,1H3,(H,36,37). The van der Waals surface area contributed by atoms with Gasteiger partial charge >= 0.3 is 5.97 Å². The van der Waals surface area contributed by atoms with Crippen LogP contribution in [0.4, 0.5) is 0 Å². The number of carboxylic acid groups (broad SMARTS) is 1. The summed E-state index contributed by atoms with van der Waals surface area (Å²) in [6.07, 6.45) is 8.27. The van der Waals surface area contributed by atoms with Gasteiger partial charge in [-0.2, -0.15) is 5.10 Å². The van der Waals surface area contributed by atoms with Crippen LogP contribution >= 0.6 is 0 Å². The van der Waals surface area contributed by atoms with E-state index in [4.69, 9.17) is 4.98 Å². The SMILES string of the molecule is Cn1cc(C2C(Cc3cn(C(c4ccccc4)(c4ccccc4)c4ccccc4)cn3)C2C(=O)O)cn1. The van der Waals surface area contributed by atoms with Crippen molar-refractivity contribution in [3.05, 3.63) is 144 Å². The lowest BCUT2D eigenvalue weighted by Gasteiger charge is -2.37. The Labute approximate surface area is 215 Å². The minimum Gasteiger partial charge on any atom is -0.481 e. The number of hydrogen-bond donors (Lipinski definition) is 1. The van der Waals surface area contributed by atoms with E-state index in [0.29, 0.717) is 6.42 Å². The van der Waals surface area contributed by atoms with Crippen LogP contribution in [0.2, 0.25) is 0 Å². The fourth-order valence-corrected chi connectivity index (χ4v) is 5.91. The Balaban J connectivity index is 1.44. The van der Waals surface area contributed by atoms with Crippen LogP contribution in [0.5, 0.6) is 0 Å². The van der Waals surface area contributed by atoms with Crippen LogP contribution in [0.3, 0.4) is 0 Å². The van der Waals surface area contributed by atoms with Crippen molar-refractivity contribution in [2.24, 2.45) is 18.9 Å². The Morgan fingerprint density at radius 1 is 0.865 bits per heavy atom. The highest BCUT2D eigenvalue weighted by Gasteiger charge is 2.56. The van der Waals surface area contributed by atoms with E-state index < -0.39 is 17.4 Å². The van der Waals surface area contributed by atoms with Crippen LogP contribution in [-0.4, -0.2) is 30.4 Å². The summed E-state index contributed by atoms with van der Waals surface area (Å²) < 4.78 is 3.91. The molecule has 0 saturated heterocycles. The normalized spacial score (nSPS) is 19.0. The van der Waals surface area contributed by atoms with Gasteiger partial charge in [-0.1, -0.05) is 91.0 Å². The minimum absolute atomic E-state index is 0.00961. The zero-order chi connectivity index (χ0) is 25.4. The summed E-state index contributed by atoms with van der Waals surface area (Å²) >= 11 is 0. The van der Waals surface area contributed by atoms with Crippen molar-refractivity contribution in [3.8, 4) is 0 Å². The Morgan fingerprint density at radius 2 is 1.41 bits per heavy atom. The molecule has 0 amide bonds. The summed E-state index contributed by atoms with van der Waals surface area (Å²) in [4.78, 5) is 16.8. The number of benzene rings is 3. The zero-order valence-electron chi connectivity index (χ0n) is 20.6.